The quantitative estimate of drug-likeness (QED) is 0.806. The second-order valence-corrected chi connectivity index (χ2v) is 4.96. The topological polar surface area (TPSA) is 68.5 Å². The van der Waals surface area contributed by atoms with Crippen molar-refractivity contribution in [2.24, 2.45) is 5.92 Å². The van der Waals surface area contributed by atoms with Crippen molar-refractivity contribution in [3.05, 3.63) is 11.7 Å². The van der Waals surface area contributed by atoms with Gasteiger partial charge in [0.05, 0.1) is 19.1 Å². The lowest BCUT2D eigenvalue weighted by Gasteiger charge is -2.18. The van der Waals surface area contributed by atoms with Gasteiger partial charge < -0.3 is 14.2 Å². The molecule has 1 aromatic heterocycles. The third-order valence-corrected chi connectivity index (χ3v) is 3.01. The van der Waals surface area contributed by atoms with Gasteiger partial charge in [-0.2, -0.15) is 4.98 Å². The lowest BCUT2D eigenvalue weighted by atomic mass is 10.1. The van der Waals surface area contributed by atoms with Gasteiger partial charge in [0.2, 0.25) is 11.8 Å². The number of hydrogen-bond donors (Lipinski definition) is 0. The molecule has 1 fully saturated rings. The van der Waals surface area contributed by atoms with Crippen molar-refractivity contribution in [2.45, 2.75) is 32.7 Å². The van der Waals surface area contributed by atoms with Crippen LogP contribution in [-0.4, -0.2) is 41.2 Å². The van der Waals surface area contributed by atoms with Gasteiger partial charge in [-0.3, -0.25) is 4.79 Å². The third-order valence-electron chi connectivity index (χ3n) is 3.01. The second kappa shape index (κ2) is 5.48. The number of ether oxygens (including phenoxy) is 1. The lowest BCUT2D eigenvalue weighted by molar-refractivity contribution is -0.134. The predicted octanol–water partition coefficient (Wildman–Crippen LogP) is 1.19. The van der Waals surface area contributed by atoms with Gasteiger partial charge in [0.25, 0.3) is 0 Å². The Morgan fingerprint density at radius 2 is 2.33 bits per heavy atom. The van der Waals surface area contributed by atoms with Crippen LogP contribution in [0.3, 0.4) is 0 Å². The molecule has 6 heteroatoms. The van der Waals surface area contributed by atoms with Crippen LogP contribution in [-0.2, 0) is 16.1 Å². The first-order valence-electron chi connectivity index (χ1n) is 6.23. The van der Waals surface area contributed by atoms with Crippen LogP contribution in [0.4, 0.5) is 0 Å². The molecule has 0 bridgehead atoms. The number of carbonyl (C=O) groups is 1. The molecule has 2 rings (SSSR count). The third kappa shape index (κ3) is 2.87. The fourth-order valence-electron chi connectivity index (χ4n) is 1.90. The van der Waals surface area contributed by atoms with E-state index in [-0.39, 0.29) is 17.7 Å². The Labute approximate surface area is 106 Å². The van der Waals surface area contributed by atoms with Gasteiger partial charge in [0, 0.05) is 19.6 Å². The standard InChI is InChI=1S/C12H19N3O3/c1-8(2)11-13-10(14-18-11)6-15(3)12(16)9-4-5-17-7-9/h8-9H,4-7H2,1-3H3/t9-/m0/s1. The normalized spacial score (nSPS) is 19.4. The van der Waals surface area contributed by atoms with Crippen molar-refractivity contribution < 1.29 is 14.1 Å². The summed E-state index contributed by atoms with van der Waals surface area (Å²) >= 11 is 0. The van der Waals surface area contributed by atoms with Gasteiger partial charge in [-0.15, -0.1) is 0 Å². The zero-order chi connectivity index (χ0) is 13.1. The number of rotatable bonds is 4. The zero-order valence-corrected chi connectivity index (χ0v) is 11.0. The predicted molar refractivity (Wildman–Crippen MR) is 63.8 cm³/mol. The molecular formula is C12H19N3O3. The van der Waals surface area contributed by atoms with Gasteiger partial charge in [0.15, 0.2) is 5.82 Å². The molecule has 0 unspecified atom stereocenters. The average molecular weight is 253 g/mol. The van der Waals surface area contributed by atoms with Gasteiger partial charge >= 0.3 is 0 Å². The van der Waals surface area contributed by atoms with Crippen LogP contribution >= 0.6 is 0 Å². The number of carbonyl (C=O) groups excluding carboxylic acids is 1. The first-order valence-corrected chi connectivity index (χ1v) is 6.23. The summed E-state index contributed by atoms with van der Waals surface area (Å²) in [4.78, 5) is 17.9. The van der Waals surface area contributed by atoms with Crippen molar-refractivity contribution in [3.63, 3.8) is 0 Å². The number of nitrogens with zero attached hydrogens (tertiary/aromatic N) is 3. The highest BCUT2D eigenvalue weighted by Crippen LogP contribution is 2.16. The molecule has 2 heterocycles. The van der Waals surface area contributed by atoms with E-state index in [1.54, 1.807) is 11.9 Å². The molecule has 1 atom stereocenters. The van der Waals surface area contributed by atoms with Crippen molar-refractivity contribution in [2.75, 3.05) is 20.3 Å². The monoisotopic (exact) mass is 253 g/mol. The van der Waals surface area contributed by atoms with E-state index in [4.69, 9.17) is 9.26 Å². The first kappa shape index (κ1) is 13.0. The molecule has 0 radical (unpaired) electrons. The Morgan fingerprint density at radius 3 is 2.89 bits per heavy atom. The number of aromatic nitrogens is 2. The summed E-state index contributed by atoms with van der Waals surface area (Å²) in [6.07, 6.45) is 0.798. The smallest absolute Gasteiger partial charge is 0.229 e. The molecule has 6 nitrogen and oxygen atoms in total. The fourth-order valence-corrected chi connectivity index (χ4v) is 1.90. The van der Waals surface area contributed by atoms with E-state index in [9.17, 15) is 4.79 Å². The summed E-state index contributed by atoms with van der Waals surface area (Å²) in [5.74, 6) is 1.42. The molecule has 1 aliphatic rings. The van der Waals surface area contributed by atoms with Gasteiger partial charge in [0.1, 0.15) is 0 Å². The molecule has 18 heavy (non-hydrogen) atoms. The Balaban J connectivity index is 1.93. The minimum Gasteiger partial charge on any atom is -0.381 e. The van der Waals surface area contributed by atoms with Crippen LogP contribution in [0.2, 0.25) is 0 Å². The molecule has 1 aliphatic heterocycles. The molecule has 1 aromatic rings. The first-order chi connectivity index (χ1) is 8.58. The van der Waals surface area contributed by atoms with Crippen LogP contribution < -0.4 is 0 Å². The second-order valence-electron chi connectivity index (χ2n) is 4.96. The lowest BCUT2D eigenvalue weighted by Crippen LogP contribution is -2.33. The van der Waals surface area contributed by atoms with E-state index < -0.39 is 0 Å². The molecule has 0 saturated carbocycles. The van der Waals surface area contributed by atoms with E-state index in [0.29, 0.717) is 31.5 Å². The van der Waals surface area contributed by atoms with Crippen LogP contribution in [0.1, 0.15) is 37.9 Å². The highest BCUT2D eigenvalue weighted by atomic mass is 16.5. The van der Waals surface area contributed by atoms with Crippen molar-refractivity contribution in [1.82, 2.24) is 15.0 Å². The highest BCUT2D eigenvalue weighted by molar-refractivity contribution is 5.78. The molecule has 100 valence electrons. The highest BCUT2D eigenvalue weighted by Gasteiger charge is 2.27. The van der Waals surface area contributed by atoms with Crippen molar-refractivity contribution in [3.8, 4) is 0 Å². The minimum atomic E-state index is -0.0218. The maximum Gasteiger partial charge on any atom is 0.229 e. The van der Waals surface area contributed by atoms with Crippen LogP contribution in [0, 0.1) is 5.92 Å². The SMILES string of the molecule is CC(C)c1nc(CN(C)C(=O)[C@H]2CCOC2)no1. The van der Waals surface area contributed by atoms with Crippen LogP contribution in [0.15, 0.2) is 4.52 Å². The Bertz CT molecular complexity index is 410. The van der Waals surface area contributed by atoms with E-state index in [1.165, 1.54) is 0 Å². The van der Waals surface area contributed by atoms with Crippen molar-refractivity contribution in [1.29, 1.82) is 0 Å². The Hall–Kier alpha value is -1.43. The number of amides is 1. The van der Waals surface area contributed by atoms with Crippen LogP contribution in [0.25, 0.3) is 0 Å². The molecular weight excluding hydrogens is 234 g/mol. The molecule has 1 saturated heterocycles. The minimum absolute atomic E-state index is 0.0218. The van der Waals surface area contributed by atoms with Gasteiger partial charge in [-0.05, 0) is 6.42 Å². The Kier molecular flexibility index (Phi) is 3.96. The summed E-state index contributed by atoms with van der Waals surface area (Å²) in [5.41, 5.74) is 0. The fraction of sp³-hybridized carbons (Fsp3) is 0.750. The van der Waals surface area contributed by atoms with E-state index in [1.807, 2.05) is 13.8 Å². The molecule has 0 aromatic carbocycles. The van der Waals surface area contributed by atoms with E-state index in [0.717, 1.165) is 6.42 Å². The average Bonchev–Trinajstić information content (AvgIpc) is 2.98. The zero-order valence-electron chi connectivity index (χ0n) is 11.0. The summed E-state index contributed by atoms with van der Waals surface area (Å²) in [6.45, 7) is 5.55. The van der Waals surface area contributed by atoms with E-state index in [2.05, 4.69) is 10.1 Å². The summed E-state index contributed by atoms with van der Waals surface area (Å²) in [5, 5.41) is 3.88. The summed E-state index contributed by atoms with van der Waals surface area (Å²) in [6, 6.07) is 0. The van der Waals surface area contributed by atoms with Crippen molar-refractivity contribution >= 4 is 5.91 Å². The van der Waals surface area contributed by atoms with Gasteiger partial charge in [-0.25, -0.2) is 0 Å². The molecule has 0 aliphatic carbocycles. The maximum absolute atomic E-state index is 12.1. The van der Waals surface area contributed by atoms with Gasteiger partial charge in [-0.1, -0.05) is 19.0 Å². The summed E-state index contributed by atoms with van der Waals surface area (Å²) in [7, 11) is 1.76. The van der Waals surface area contributed by atoms with E-state index >= 15 is 0 Å². The molecule has 0 spiro atoms. The maximum atomic E-state index is 12.1. The number of hydrogen-bond acceptors (Lipinski definition) is 5. The largest absolute Gasteiger partial charge is 0.381 e. The van der Waals surface area contributed by atoms with Crippen LogP contribution in [0.5, 0.6) is 0 Å². The Morgan fingerprint density at radius 1 is 1.56 bits per heavy atom. The summed E-state index contributed by atoms with van der Waals surface area (Å²) < 4.78 is 10.3. The molecule has 0 N–H and O–H groups in total. The molecule has 1 amide bonds.